The number of halogens is 1. The summed E-state index contributed by atoms with van der Waals surface area (Å²) in [4.78, 5) is 9.43. The fourth-order valence-corrected chi connectivity index (χ4v) is 3.77. The molecule has 1 aliphatic heterocycles. The minimum atomic E-state index is 0. The van der Waals surface area contributed by atoms with E-state index in [2.05, 4.69) is 71.8 Å². The molecule has 0 atom stereocenters. The smallest absolute Gasteiger partial charge is 0.191 e. The highest BCUT2D eigenvalue weighted by Gasteiger charge is 2.11. The Kier molecular flexibility index (Phi) is 12.6. The zero-order valence-electron chi connectivity index (χ0n) is 20.3. The van der Waals surface area contributed by atoms with Crippen molar-refractivity contribution in [3.63, 3.8) is 0 Å². The molecule has 1 saturated heterocycles. The van der Waals surface area contributed by atoms with E-state index in [1.54, 1.807) is 0 Å². The summed E-state index contributed by atoms with van der Waals surface area (Å²) in [6.45, 7) is 9.31. The third-order valence-electron chi connectivity index (χ3n) is 5.61. The number of hydrogen-bond donors (Lipinski definition) is 2. The van der Waals surface area contributed by atoms with Gasteiger partial charge in [-0.05, 0) is 64.1 Å². The number of hydrogen-bond acceptors (Lipinski definition) is 4. The van der Waals surface area contributed by atoms with Crippen molar-refractivity contribution >= 4 is 29.9 Å². The van der Waals surface area contributed by atoms with Gasteiger partial charge < -0.3 is 20.3 Å². The van der Waals surface area contributed by atoms with Crippen LogP contribution < -0.4 is 15.4 Å². The van der Waals surface area contributed by atoms with Crippen LogP contribution in [0.3, 0.4) is 0 Å². The van der Waals surface area contributed by atoms with Crippen molar-refractivity contribution in [2.24, 2.45) is 4.99 Å². The Hall–Kier alpha value is -1.84. The first kappa shape index (κ1) is 27.4. The summed E-state index contributed by atoms with van der Waals surface area (Å²) in [7, 11) is 4.11. The topological polar surface area (TPSA) is 52.1 Å². The van der Waals surface area contributed by atoms with E-state index in [-0.39, 0.29) is 24.0 Å². The van der Waals surface area contributed by atoms with Gasteiger partial charge in [0.25, 0.3) is 0 Å². The second-order valence-electron chi connectivity index (χ2n) is 8.61. The molecule has 0 spiro atoms. The molecule has 0 saturated carbocycles. The second-order valence-corrected chi connectivity index (χ2v) is 8.61. The van der Waals surface area contributed by atoms with Crippen molar-refractivity contribution in [1.29, 1.82) is 0 Å². The molecule has 0 amide bonds. The van der Waals surface area contributed by atoms with Crippen LogP contribution in [0.1, 0.15) is 36.5 Å². The number of guanidine groups is 1. The number of benzene rings is 2. The SMILES string of the molecule is CCNC(=NCc1ccc(CN2CCCC2)cc1)NCc1ccccc1OCCN(C)C.I. The van der Waals surface area contributed by atoms with Crippen LogP contribution in [0.4, 0.5) is 0 Å². The number of para-hydroxylation sites is 1. The maximum atomic E-state index is 5.98. The number of nitrogens with zero attached hydrogens (tertiary/aromatic N) is 3. The highest BCUT2D eigenvalue weighted by molar-refractivity contribution is 14.0. The Balaban J connectivity index is 0.00000385. The van der Waals surface area contributed by atoms with Gasteiger partial charge in [-0.1, -0.05) is 42.5 Å². The molecule has 2 aromatic carbocycles. The van der Waals surface area contributed by atoms with Crippen LogP contribution >= 0.6 is 24.0 Å². The highest BCUT2D eigenvalue weighted by Crippen LogP contribution is 2.18. The van der Waals surface area contributed by atoms with Gasteiger partial charge in [0.2, 0.25) is 0 Å². The molecule has 0 radical (unpaired) electrons. The fourth-order valence-electron chi connectivity index (χ4n) is 3.77. The largest absolute Gasteiger partial charge is 0.492 e. The molecular formula is C26H40IN5O. The molecule has 0 aromatic heterocycles. The van der Waals surface area contributed by atoms with E-state index >= 15 is 0 Å². The molecule has 6 nitrogen and oxygen atoms in total. The molecule has 182 valence electrons. The van der Waals surface area contributed by atoms with E-state index in [0.29, 0.717) is 19.7 Å². The Morgan fingerprint density at radius 1 is 1.00 bits per heavy atom. The van der Waals surface area contributed by atoms with Crippen LogP contribution in [-0.2, 0) is 19.6 Å². The molecule has 1 aliphatic rings. The van der Waals surface area contributed by atoms with Gasteiger partial charge >= 0.3 is 0 Å². The predicted molar refractivity (Wildman–Crippen MR) is 149 cm³/mol. The van der Waals surface area contributed by atoms with Crippen LogP contribution in [0.15, 0.2) is 53.5 Å². The molecule has 33 heavy (non-hydrogen) atoms. The Labute approximate surface area is 216 Å². The van der Waals surface area contributed by atoms with E-state index in [1.807, 2.05) is 18.2 Å². The number of ether oxygens (including phenoxy) is 1. The zero-order valence-corrected chi connectivity index (χ0v) is 22.7. The van der Waals surface area contributed by atoms with E-state index in [4.69, 9.17) is 9.73 Å². The predicted octanol–water partition coefficient (Wildman–Crippen LogP) is 4.10. The highest BCUT2D eigenvalue weighted by atomic mass is 127. The van der Waals surface area contributed by atoms with Gasteiger partial charge in [-0.25, -0.2) is 4.99 Å². The van der Waals surface area contributed by atoms with Crippen LogP contribution in [0.2, 0.25) is 0 Å². The van der Waals surface area contributed by atoms with Gasteiger partial charge in [-0.3, -0.25) is 4.90 Å². The van der Waals surface area contributed by atoms with E-state index in [0.717, 1.165) is 36.9 Å². The lowest BCUT2D eigenvalue weighted by molar-refractivity contribution is 0.259. The molecule has 0 unspecified atom stereocenters. The van der Waals surface area contributed by atoms with Crippen LogP contribution in [0.25, 0.3) is 0 Å². The summed E-state index contributed by atoms with van der Waals surface area (Å²) in [6.07, 6.45) is 2.67. The van der Waals surface area contributed by atoms with Crippen molar-refractivity contribution < 1.29 is 4.74 Å². The lowest BCUT2D eigenvalue weighted by Crippen LogP contribution is -2.36. The van der Waals surface area contributed by atoms with Gasteiger partial charge in [0.15, 0.2) is 5.96 Å². The Morgan fingerprint density at radius 2 is 1.70 bits per heavy atom. The van der Waals surface area contributed by atoms with Crippen molar-refractivity contribution in [3.8, 4) is 5.75 Å². The number of aliphatic imine (C=N–C) groups is 1. The number of likely N-dealkylation sites (N-methyl/N-ethyl adjacent to an activating group) is 1. The first-order valence-electron chi connectivity index (χ1n) is 11.8. The summed E-state index contributed by atoms with van der Waals surface area (Å²) >= 11 is 0. The average Bonchev–Trinajstić information content (AvgIpc) is 3.30. The summed E-state index contributed by atoms with van der Waals surface area (Å²) in [5.41, 5.74) is 3.73. The molecule has 2 N–H and O–H groups in total. The quantitative estimate of drug-likeness (QED) is 0.244. The van der Waals surface area contributed by atoms with Crippen molar-refractivity contribution in [2.75, 3.05) is 46.9 Å². The molecule has 1 fully saturated rings. The summed E-state index contributed by atoms with van der Waals surface area (Å²) in [5.74, 6) is 1.74. The van der Waals surface area contributed by atoms with Crippen molar-refractivity contribution in [2.45, 2.75) is 39.4 Å². The molecule has 2 aromatic rings. The van der Waals surface area contributed by atoms with E-state index in [1.165, 1.54) is 37.1 Å². The lowest BCUT2D eigenvalue weighted by Gasteiger charge is -2.16. The molecule has 0 aliphatic carbocycles. The summed E-state index contributed by atoms with van der Waals surface area (Å²) in [6, 6.07) is 17.1. The van der Waals surface area contributed by atoms with Gasteiger partial charge in [-0.2, -0.15) is 0 Å². The molecule has 7 heteroatoms. The Morgan fingerprint density at radius 3 is 2.39 bits per heavy atom. The standard InChI is InChI=1S/C26H39N5O.HI/c1-4-27-26(29-20-24-9-5-6-10-25(24)32-18-17-30(2)3)28-19-22-11-13-23(14-12-22)21-31-15-7-8-16-31;/h5-6,9-14H,4,7-8,15-21H2,1-3H3,(H2,27,28,29);1H. The van der Waals surface area contributed by atoms with Crippen LogP contribution in [0, 0.1) is 0 Å². The maximum Gasteiger partial charge on any atom is 0.191 e. The van der Waals surface area contributed by atoms with Gasteiger partial charge in [0, 0.05) is 31.7 Å². The van der Waals surface area contributed by atoms with E-state index in [9.17, 15) is 0 Å². The minimum Gasteiger partial charge on any atom is -0.492 e. The molecular weight excluding hydrogens is 525 g/mol. The van der Waals surface area contributed by atoms with Gasteiger partial charge in [0.05, 0.1) is 6.54 Å². The average molecular weight is 566 g/mol. The van der Waals surface area contributed by atoms with Gasteiger partial charge in [-0.15, -0.1) is 24.0 Å². The zero-order chi connectivity index (χ0) is 22.6. The third kappa shape index (κ3) is 9.90. The molecule has 0 bridgehead atoms. The number of likely N-dealkylation sites (tertiary alicyclic amines) is 1. The second kappa shape index (κ2) is 15.1. The summed E-state index contributed by atoms with van der Waals surface area (Å²) < 4.78 is 5.98. The lowest BCUT2D eigenvalue weighted by atomic mass is 10.1. The first-order chi connectivity index (χ1) is 15.6. The molecule has 3 rings (SSSR count). The van der Waals surface area contributed by atoms with Crippen molar-refractivity contribution in [1.82, 2.24) is 20.4 Å². The maximum absolute atomic E-state index is 5.98. The normalized spacial score (nSPS) is 14.2. The monoisotopic (exact) mass is 565 g/mol. The molecule has 1 heterocycles. The third-order valence-corrected chi connectivity index (χ3v) is 5.61. The fraction of sp³-hybridized carbons (Fsp3) is 0.500. The van der Waals surface area contributed by atoms with Crippen LogP contribution in [-0.4, -0.2) is 62.6 Å². The van der Waals surface area contributed by atoms with Gasteiger partial charge in [0.1, 0.15) is 12.4 Å². The number of nitrogens with one attached hydrogen (secondary N) is 2. The van der Waals surface area contributed by atoms with Crippen molar-refractivity contribution in [3.05, 3.63) is 65.2 Å². The van der Waals surface area contributed by atoms with Crippen LogP contribution in [0.5, 0.6) is 5.75 Å². The summed E-state index contributed by atoms with van der Waals surface area (Å²) in [5, 5.41) is 6.79. The minimum absolute atomic E-state index is 0. The first-order valence-corrected chi connectivity index (χ1v) is 11.8. The number of rotatable bonds is 11. The van der Waals surface area contributed by atoms with E-state index < -0.39 is 0 Å². The Bertz CT molecular complexity index is 835.